The highest BCUT2D eigenvalue weighted by molar-refractivity contribution is 5.37. The van der Waals surface area contributed by atoms with E-state index >= 15 is 0 Å². The number of benzene rings is 1. The van der Waals surface area contributed by atoms with Gasteiger partial charge in [0, 0.05) is 0 Å². The Hall–Kier alpha value is -0.980. The molecule has 0 aliphatic carbocycles. The predicted molar refractivity (Wildman–Crippen MR) is 79.4 cm³/mol. The number of rotatable bonds is 8. The minimum atomic E-state index is 0.759. The van der Waals surface area contributed by atoms with Gasteiger partial charge in [-0.2, -0.15) is 0 Å². The molecule has 0 fully saturated rings. The molecule has 0 aliphatic rings. The first-order valence-corrected chi connectivity index (χ1v) is 7.45. The molecule has 1 heteroatoms. The van der Waals surface area contributed by atoms with Gasteiger partial charge in [0.05, 0.1) is 6.61 Å². The maximum Gasteiger partial charge on any atom is 0.122 e. The Morgan fingerprint density at radius 1 is 1.17 bits per heavy atom. The molecule has 0 heterocycles. The second kappa shape index (κ2) is 8.18. The average Bonchev–Trinajstić information content (AvgIpc) is 2.40. The molecule has 0 saturated heterocycles. The molecule has 0 radical (unpaired) electrons. The molecule has 1 nitrogen and oxygen atoms in total. The van der Waals surface area contributed by atoms with Crippen LogP contribution in [0.2, 0.25) is 0 Å². The van der Waals surface area contributed by atoms with E-state index in [1.807, 2.05) is 0 Å². The minimum Gasteiger partial charge on any atom is -0.493 e. The van der Waals surface area contributed by atoms with Crippen LogP contribution in [0.15, 0.2) is 18.2 Å². The standard InChI is InChI=1S/C17H28O/c1-5-8-16-13-15(7-3)9-10-17(16)18-12-11-14(4)6-2/h9-10,13-14H,5-8,11-12H2,1-4H3. The van der Waals surface area contributed by atoms with Crippen molar-refractivity contribution in [3.8, 4) is 5.75 Å². The Balaban J connectivity index is 2.62. The Labute approximate surface area is 113 Å². The Morgan fingerprint density at radius 2 is 1.94 bits per heavy atom. The third kappa shape index (κ3) is 4.72. The average molecular weight is 248 g/mol. The van der Waals surface area contributed by atoms with E-state index in [2.05, 4.69) is 45.9 Å². The van der Waals surface area contributed by atoms with E-state index in [-0.39, 0.29) is 0 Å². The van der Waals surface area contributed by atoms with Gasteiger partial charge in [-0.25, -0.2) is 0 Å². The van der Waals surface area contributed by atoms with Gasteiger partial charge >= 0.3 is 0 Å². The topological polar surface area (TPSA) is 9.23 Å². The summed E-state index contributed by atoms with van der Waals surface area (Å²) in [4.78, 5) is 0. The van der Waals surface area contributed by atoms with Crippen molar-refractivity contribution in [3.05, 3.63) is 29.3 Å². The lowest BCUT2D eigenvalue weighted by Crippen LogP contribution is -2.05. The van der Waals surface area contributed by atoms with Crippen molar-refractivity contribution in [3.63, 3.8) is 0 Å². The molecule has 0 saturated carbocycles. The van der Waals surface area contributed by atoms with Gasteiger partial charge in [-0.05, 0) is 42.4 Å². The molecular weight excluding hydrogens is 220 g/mol. The van der Waals surface area contributed by atoms with Gasteiger partial charge in [-0.3, -0.25) is 0 Å². The maximum absolute atomic E-state index is 5.96. The van der Waals surface area contributed by atoms with E-state index in [9.17, 15) is 0 Å². The molecule has 1 unspecified atom stereocenters. The molecule has 0 bridgehead atoms. The second-order valence-corrected chi connectivity index (χ2v) is 5.20. The molecule has 1 rings (SSSR count). The Morgan fingerprint density at radius 3 is 2.56 bits per heavy atom. The highest BCUT2D eigenvalue weighted by atomic mass is 16.5. The zero-order chi connectivity index (χ0) is 13.4. The van der Waals surface area contributed by atoms with Crippen LogP contribution in [0.3, 0.4) is 0 Å². The van der Waals surface area contributed by atoms with Crippen LogP contribution in [-0.2, 0) is 12.8 Å². The largest absolute Gasteiger partial charge is 0.493 e. The normalized spacial score (nSPS) is 12.4. The van der Waals surface area contributed by atoms with Gasteiger partial charge in [0.25, 0.3) is 0 Å². The van der Waals surface area contributed by atoms with Gasteiger partial charge < -0.3 is 4.74 Å². The third-order valence-corrected chi connectivity index (χ3v) is 3.62. The molecule has 102 valence electrons. The molecule has 0 spiro atoms. The van der Waals surface area contributed by atoms with Crippen molar-refractivity contribution < 1.29 is 4.74 Å². The van der Waals surface area contributed by atoms with E-state index in [1.165, 1.54) is 24.0 Å². The summed E-state index contributed by atoms with van der Waals surface area (Å²) < 4.78 is 5.96. The molecule has 0 aliphatic heterocycles. The van der Waals surface area contributed by atoms with Crippen molar-refractivity contribution in [2.75, 3.05) is 6.61 Å². The summed E-state index contributed by atoms with van der Waals surface area (Å²) >= 11 is 0. The SMILES string of the molecule is CCCc1cc(CC)ccc1OCCC(C)CC. The molecular formula is C17H28O. The summed E-state index contributed by atoms with van der Waals surface area (Å²) in [6.07, 6.45) is 5.78. The second-order valence-electron chi connectivity index (χ2n) is 5.20. The minimum absolute atomic E-state index is 0.759. The van der Waals surface area contributed by atoms with E-state index in [4.69, 9.17) is 4.74 Å². The Kier molecular flexibility index (Phi) is 6.85. The quantitative estimate of drug-likeness (QED) is 0.628. The molecule has 1 atom stereocenters. The maximum atomic E-state index is 5.96. The fraction of sp³-hybridized carbons (Fsp3) is 0.647. The van der Waals surface area contributed by atoms with Gasteiger partial charge in [-0.1, -0.05) is 52.7 Å². The van der Waals surface area contributed by atoms with Crippen molar-refractivity contribution in [1.29, 1.82) is 0 Å². The monoisotopic (exact) mass is 248 g/mol. The highest BCUT2D eigenvalue weighted by Gasteiger charge is 2.05. The molecule has 0 N–H and O–H groups in total. The lowest BCUT2D eigenvalue weighted by molar-refractivity contribution is 0.279. The van der Waals surface area contributed by atoms with Crippen molar-refractivity contribution in [2.24, 2.45) is 5.92 Å². The zero-order valence-corrected chi connectivity index (χ0v) is 12.5. The van der Waals surface area contributed by atoms with Crippen LogP contribution in [0.1, 0.15) is 58.1 Å². The van der Waals surface area contributed by atoms with Crippen LogP contribution in [0, 0.1) is 5.92 Å². The van der Waals surface area contributed by atoms with Crippen LogP contribution in [-0.4, -0.2) is 6.61 Å². The molecule has 0 aromatic heterocycles. The van der Waals surface area contributed by atoms with Crippen LogP contribution in [0.25, 0.3) is 0 Å². The zero-order valence-electron chi connectivity index (χ0n) is 12.5. The van der Waals surface area contributed by atoms with E-state index in [0.29, 0.717) is 0 Å². The van der Waals surface area contributed by atoms with Gasteiger partial charge in [0.15, 0.2) is 0 Å². The van der Waals surface area contributed by atoms with Gasteiger partial charge in [0.2, 0.25) is 0 Å². The first-order chi connectivity index (χ1) is 8.71. The first kappa shape index (κ1) is 15.1. The highest BCUT2D eigenvalue weighted by Crippen LogP contribution is 2.23. The fourth-order valence-electron chi connectivity index (χ4n) is 2.03. The van der Waals surface area contributed by atoms with Gasteiger partial charge in [-0.15, -0.1) is 0 Å². The molecule has 1 aromatic carbocycles. The van der Waals surface area contributed by atoms with Gasteiger partial charge in [0.1, 0.15) is 5.75 Å². The van der Waals surface area contributed by atoms with Crippen molar-refractivity contribution in [2.45, 2.75) is 59.8 Å². The Bertz CT molecular complexity index is 343. The lowest BCUT2D eigenvalue weighted by Gasteiger charge is -2.14. The predicted octanol–water partition coefficient (Wildman–Crippen LogP) is 5.02. The van der Waals surface area contributed by atoms with Crippen LogP contribution in [0.5, 0.6) is 5.75 Å². The summed E-state index contributed by atoms with van der Waals surface area (Å²) in [5.41, 5.74) is 2.79. The summed E-state index contributed by atoms with van der Waals surface area (Å²) in [6.45, 7) is 9.80. The third-order valence-electron chi connectivity index (χ3n) is 3.62. The van der Waals surface area contributed by atoms with Crippen molar-refractivity contribution in [1.82, 2.24) is 0 Å². The van der Waals surface area contributed by atoms with Crippen LogP contribution >= 0.6 is 0 Å². The molecule has 18 heavy (non-hydrogen) atoms. The summed E-state index contributed by atoms with van der Waals surface area (Å²) in [5, 5.41) is 0. The van der Waals surface area contributed by atoms with E-state index in [0.717, 1.165) is 37.5 Å². The van der Waals surface area contributed by atoms with Crippen LogP contribution < -0.4 is 4.74 Å². The first-order valence-electron chi connectivity index (χ1n) is 7.45. The fourth-order valence-corrected chi connectivity index (χ4v) is 2.03. The number of aryl methyl sites for hydroxylation is 2. The number of hydrogen-bond donors (Lipinski definition) is 0. The lowest BCUT2D eigenvalue weighted by atomic mass is 10.0. The van der Waals surface area contributed by atoms with E-state index < -0.39 is 0 Å². The summed E-state index contributed by atoms with van der Waals surface area (Å²) in [5.74, 6) is 1.85. The smallest absolute Gasteiger partial charge is 0.122 e. The number of hydrogen-bond acceptors (Lipinski definition) is 1. The van der Waals surface area contributed by atoms with E-state index in [1.54, 1.807) is 0 Å². The van der Waals surface area contributed by atoms with Crippen LogP contribution in [0.4, 0.5) is 0 Å². The summed E-state index contributed by atoms with van der Waals surface area (Å²) in [6, 6.07) is 6.65. The van der Waals surface area contributed by atoms with Crippen molar-refractivity contribution >= 4 is 0 Å². The molecule has 0 amide bonds. The summed E-state index contributed by atoms with van der Waals surface area (Å²) in [7, 11) is 0. The number of ether oxygens (including phenoxy) is 1. The molecule has 1 aromatic rings.